The van der Waals surface area contributed by atoms with Gasteiger partial charge in [0.1, 0.15) is 0 Å². The standard InChI is InChI=1S/C11H17NO3/c1-4-8-5-6-10(14-2)11(13)9(8)7-12-15-3/h5-6,12-13H,4,7H2,1-3H3. The Hall–Kier alpha value is -1.26. The Balaban J connectivity index is 3.05. The van der Waals surface area contributed by atoms with E-state index in [-0.39, 0.29) is 5.75 Å². The first-order chi connectivity index (χ1) is 7.24. The lowest BCUT2D eigenvalue weighted by Crippen LogP contribution is -2.12. The average molecular weight is 211 g/mol. The van der Waals surface area contributed by atoms with E-state index in [1.807, 2.05) is 13.0 Å². The van der Waals surface area contributed by atoms with E-state index in [2.05, 4.69) is 5.48 Å². The van der Waals surface area contributed by atoms with Crippen LogP contribution in [0.4, 0.5) is 0 Å². The number of benzene rings is 1. The number of methoxy groups -OCH3 is 1. The number of phenols is 1. The van der Waals surface area contributed by atoms with Gasteiger partial charge in [-0.05, 0) is 18.1 Å². The predicted molar refractivity (Wildman–Crippen MR) is 57.9 cm³/mol. The molecule has 0 aromatic heterocycles. The topological polar surface area (TPSA) is 50.7 Å². The van der Waals surface area contributed by atoms with Crippen molar-refractivity contribution in [3.63, 3.8) is 0 Å². The summed E-state index contributed by atoms with van der Waals surface area (Å²) in [5.74, 6) is 0.668. The highest BCUT2D eigenvalue weighted by atomic mass is 16.6. The van der Waals surface area contributed by atoms with Crippen LogP contribution < -0.4 is 10.2 Å². The van der Waals surface area contributed by atoms with Gasteiger partial charge in [-0.15, -0.1) is 0 Å². The maximum atomic E-state index is 9.91. The molecule has 0 bridgehead atoms. The molecule has 0 spiro atoms. The van der Waals surface area contributed by atoms with Crippen LogP contribution >= 0.6 is 0 Å². The summed E-state index contributed by atoms with van der Waals surface area (Å²) in [6.07, 6.45) is 0.859. The van der Waals surface area contributed by atoms with Gasteiger partial charge in [0.15, 0.2) is 11.5 Å². The zero-order chi connectivity index (χ0) is 11.3. The number of ether oxygens (including phenoxy) is 1. The third-order valence-electron chi connectivity index (χ3n) is 2.34. The van der Waals surface area contributed by atoms with Crippen molar-refractivity contribution in [1.29, 1.82) is 0 Å². The van der Waals surface area contributed by atoms with Crippen LogP contribution in [0.2, 0.25) is 0 Å². The number of aryl methyl sites for hydroxylation is 1. The van der Waals surface area contributed by atoms with Crippen molar-refractivity contribution in [2.75, 3.05) is 14.2 Å². The van der Waals surface area contributed by atoms with E-state index in [0.29, 0.717) is 12.3 Å². The van der Waals surface area contributed by atoms with Crippen molar-refractivity contribution in [3.05, 3.63) is 23.3 Å². The van der Waals surface area contributed by atoms with Gasteiger partial charge in [0.2, 0.25) is 0 Å². The van der Waals surface area contributed by atoms with Crippen LogP contribution in [0.15, 0.2) is 12.1 Å². The van der Waals surface area contributed by atoms with E-state index in [1.165, 1.54) is 7.11 Å². The van der Waals surface area contributed by atoms with E-state index in [9.17, 15) is 5.11 Å². The smallest absolute Gasteiger partial charge is 0.162 e. The van der Waals surface area contributed by atoms with E-state index < -0.39 is 0 Å². The van der Waals surface area contributed by atoms with E-state index in [1.54, 1.807) is 13.2 Å². The molecule has 0 heterocycles. The lowest BCUT2D eigenvalue weighted by molar-refractivity contribution is 0.0859. The SMILES string of the molecule is CCc1ccc(OC)c(O)c1CNOC. The first-order valence-electron chi connectivity index (χ1n) is 4.88. The van der Waals surface area contributed by atoms with E-state index in [4.69, 9.17) is 9.57 Å². The molecule has 0 amide bonds. The number of aromatic hydroxyl groups is 1. The van der Waals surface area contributed by atoms with Crippen LogP contribution in [-0.4, -0.2) is 19.3 Å². The van der Waals surface area contributed by atoms with Gasteiger partial charge in [-0.2, -0.15) is 5.48 Å². The second kappa shape index (κ2) is 5.58. The van der Waals surface area contributed by atoms with Crippen LogP contribution in [0, 0.1) is 0 Å². The Bertz CT molecular complexity index is 326. The molecular weight excluding hydrogens is 194 g/mol. The zero-order valence-electron chi connectivity index (χ0n) is 9.33. The number of hydrogen-bond acceptors (Lipinski definition) is 4. The molecule has 0 fully saturated rings. The molecule has 1 rings (SSSR count). The largest absolute Gasteiger partial charge is 0.504 e. The zero-order valence-corrected chi connectivity index (χ0v) is 9.33. The molecule has 2 N–H and O–H groups in total. The van der Waals surface area contributed by atoms with E-state index in [0.717, 1.165) is 17.5 Å². The quantitative estimate of drug-likeness (QED) is 0.726. The number of hydroxylamine groups is 1. The first-order valence-corrected chi connectivity index (χ1v) is 4.88. The van der Waals surface area contributed by atoms with Crippen molar-refractivity contribution in [1.82, 2.24) is 5.48 Å². The molecular formula is C11H17NO3. The summed E-state index contributed by atoms with van der Waals surface area (Å²) in [4.78, 5) is 4.77. The van der Waals surface area contributed by atoms with Crippen molar-refractivity contribution in [2.45, 2.75) is 19.9 Å². The molecule has 0 radical (unpaired) electrons. The minimum atomic E-state index is 0.182. The number of nitrogens with one attached hydrogen (secondary N) is 1. The third-order valence-corrected chi connectivity index (χ3v) is 2.34. The first kappa shape index (κ1) is 11.8. The van der Waals surface area contributed by atoms with Crippen molar-refractivity contribution in [3.8, 4) is 11.5 Å². The van der Waals surface area contributed by atoms with Crippen LogP contribution in [0.3, 0.4) is 0 Å². The lowest BCUT2D eigenvalue weighted by Gasteiger charge is -2.13. The molecule has 0 unspecified atom stereocenters. The Kier molecular flexibility index (Phi) is 4.39. The third kappa shape index (κ3) is 2.61. The van der Waals surface area contributed by atoms with Gasteiger partial charge in [0, 0.05) is 5.56 Å². The summed E-state index contributed by atoms with van der Waals surface area (Å²) >= 11 is 0. The fourth-order valence-corrected chi connectivity index (χ4v) is 1.49. The van der Waals surface area contributed by atoms with E-state index >= 15 is 0 Å². The Labute approximate surface area is 89.8 Å². The van der Waals surface area contributed by atoms with Crippen LogP contribution in [0.1, 0.15) is 18.1 Å². The summed E-state index contributed by atoms with van der Waals surface area (Å²) in [5.41, 5.74) is 4.62. The van der Waals surface area contributed by atoms with Crippen LogP contribution in [0.25, 0.3) is 0 Å². The summed E-state index contributed by atoms with van der Waals surface area (Å²) in [6, 6.07) is 3.72. The van der Waals surface area contributed by atoms with Gasteiger partial charge in [-0.3, -0.25) is 0 Å². The Morgan fingerprint density at radius 2 is 2.07 bits per heavy atom. The summed E-state index contributed by atoms with van der Waals surface area (Å²) < 4.78 is 5.05. The average Bonchev–Trinajstić information content (AvgIpc) is 2.27. The minimum absolute atomic E-state index is 0.182. The monoisotopic (exact) mass is 211 g/mol. The van der Waals surface area contributed by atoms with Crippen molar-refractivity contribution < 1.29 is 14.7 Å². The van der Waals surface area contributed by atoms with Gasteiger partial charge in [-0.25, -0.2) is 0 Å². The second-order valence-corrected chi connectivity index (χ2v) is 3.13. The minimum Gasteiger partial charge on any atom is -0.504 e. The second-order valence-electron chi connectivity index (χ2n) is 3.13. The predicted octanol–water partition coefficient (Wildman–Crippen LogP) is 1.61. The molecule has 15 heavy (non-hydrogen) atoms. The Morgan fingerprint density at radius 1 is 1.33 bits per heavy atom. The number of rotatable bonds is 5. The summed E-state index contributed by atoms with van der Waals surface area (Å²) in [6.45, 7) is 2.50. The molecule has 0 aliphatic heterocycles. The molecule has 4 nitrogen and oxygen atoms in total. The van der Waals surface area contributed by atoms with Gasteiger partial charge in [0.25, 0.3) is 0 Å². The van der Waals surface area contributed by atoms with Gasteiger partial charge in [0.05, 0.1) is 20.8 Å². The highest BCUT2D eigenvalue weighted by Gasteiger charge is 2.11. The lowest BCUT2D eigenvalue weighted by atomic mass is 10.0. The van der Waals surface area contributed by atoms with Gasteiger partial charge < -0.3 is 14.7 Å². The highest BCUT2D eigenvalue weighted by molar-refractivity contribution is 5.49. The Morgan fingerprint density at radius 3 is 2.60 bits per heavy atom. The molecule has 0 atom stereocenters. The number of phenolic OH excluding ortho intramolecular Hbond substituents is 1. The van der Waals surface area contributed by atoms with Gasteiger partial charge in [-0.1, -0.05) is 13.0 Å². The molecule has 0 aliphatic carbocycles. The molecule has 0 aliphatic rings. The number of hydrogen-bond donors (Lipinski definition) is 2. The molecule has 4 heteroatoms. The van der Waals surface area contributed by atoms with Crippen molar-refractivity contribution >= 4 is 0 Å². The normalized spacial score (nSPS) is 10.3. The molecule has 84 valence electrons. The maximum absolute atomic E-state index is 9.91. The fourth-order valence-electron chi connectivity index (χ4n) is 1.49. The van der Waals surface area contributed by atoms with Crippen LogP contribution in [0.5, 0.6) is 11.5 Å². The van der Waals surface area contributed by atoms with Crippen molar-refractivity contribution in [2.24, 2.45) is 0 Å². The molecule has 0 saturated heterocycles. The fraction of sp³-hybridized carbons (Fsp3) is 0.455. The summed E-state index contributed by atoms with van der Waals surface area (Å²) in [7, 11) is 3.08. The molecule has 1 aromatic carbocycles. The van der Waals surface area contributed by atoms with Crippen LogP contribution in [-0.2, 0) is 17.8 Å². The van der Waals surface area contributed by atoms with Gasteiger partial charge >= 0.3 is 0 Å². The highest BCUT2D eigenvalue weighted by Crippen LogP contribution is 2.32. The summed E-state index contributed by atoms with van der Waals surface area (Å²) in [5, 5.41) is 9.91. The molecule has 0 saturated carbocycles. The molecule has 1 aromatic rings. The maximum Gasteiger partial charge on any atom is 0.162 e.